The maximum absolute atomic E-state index is 12.5. The molecule has 0 spiro atoms. The average Bonchev–Trinajstić information content (AvgIpc) is 2.78. The Bertz CT molecular complexity index is 936. The van der Waals surface area contributed by atoms with Crippen LogP contribution in [0.15, 0.2) is 48.5 Å². The summed E-state index contributed by atoms with van der Waals surface area (Å²) in [7, 11) is 0. The molecular formula is C25H30N2O4. The topological polar surface area (TPSA) is 78.9 Å². The number of carbonyl (C=O) groups is 2. The molecule has 2 N–H and O–H groups in total. The van der Waals surface area contributed by atoms with Crippen LogP contribution in [-0.4, -0.2) is 54.0 Å². The summed E-state index contributed by atoms with van der Waals surface area (Å²) >= 11 is 0. The van der Waals surface area contributed by atoms with E-state index in [2.05, 4.69) is 10.2 Å². The Hall–Kier alpha value is -2.70. The van der Waals surface area contributed by atoms with E-state index < -0.39 is 11.5 Å². The molecule has 1 amide bonds. The standard InChI is InChI=1S/C25H30N2O4/c1-18(28)25(19-6-3-2-4-7-19)12-14-27(15-13-25)16-20(29)17-31-23-9-5-8-22-21(23)10-11-24(30)26-22/h2-9,20,29H,10-17H2,1H3,(H,26,30). The molecule has 4 rings (SSSR count). The molecule has 6 nitrogen and oxygen atoms in total. The fourth-order valence-corrected chi connectivity index (χ4v) is 4.78. The van der Waals surface area contributed by atoms with Gasteiger partial charge in [0.05, 0.1) is 5.41 Å². The molecule has 2 aliphatic heterocycles. The van der Waals surface area contributed by atoms with E-state index in [-0.39, 0.29) is 18.3 Å². The average molecular weight is 423 g/mol. The zero-order valence-electron chi connectivity index (χ0n) is 18.0. The van der Waals surface area contributed by atoms with Crippen LogP contribution in [0.25, 0.3) is 0 Å². The van der Waals surface area contributed by atoms with Crippen LogP contribution in [0.3, 0.4) is 0 Å². The smallest absolute Gasteiger partial charge is 0.224 e. The Morgan fingerprint density at radius 3 is 2.58 bits per heavy atom. The summed E-state index contributed by atoms with van der Waals surface area (Å²) in [5.74, 6) is 0.949. The number of carbonyl (C=O) groups excluding carboxylic acids is 2. The van der Waals surface area contributed by atoms with Gasteiger partial charge in [0.2, 0.25) is 5.91 Å². The lowest BCUT2D eigenvalue weighted by Crippen LogP contribution is -2.48. The molecule has 0 aromatic heterocycles. The molecule has 164 valence electrons. The number of piperidine rings is 1. The molecule has 0 radical (unpaired) electrons. The molecular weight excluding hydrogens is 392 g/mol. The second kappa shape index (κ2) is 9.20. The number of nitrogens with one attached hydrogen (secondary N) is 1. The van der Waals surface area contributed by atoms with E-state index in [1.165, 1.54) is 0 Å². The second-order valence-electron chi connectivity index (χ2n) is 8.60. The van der Waals surface area contributed by atoms with Crippen molar-refractivity contribution in [3.8, 4) is 5.75 Å². The number of ketones is 1. The number of β-amino-alcohol motifs (C(OH)–C–C–N with tert-alkyl or cyclic N) is 1. The van der Waals surface area contributed by atoms with E-state index in [1.807, 2.05) is 48.5 Å². The highest BCUT2D eigenvalue weighted by molar-refractivity contribution is 5.94. The quantitative estimate of drug-likeness (QED) is 0.717. The third-order valence-corrected chi connectivity index (χ3v) is 6.62. The highest BCUT2D eigenvalue weighted by Gasteiger charge is 2.40. The summed E-state index contributed by atoms with van der Waals surface area (Å²) in [6.45, 7) is 3.91. The molecule has 2 aromatic rings. The van der Waals surface area contributed by atoms with Crippen molar-refractivity contribution in [3.63, 3.8) is 0 Å². The van der Waals surface area contributed by atoms with Crippen LogP contribution < -0.4 is 10.1 Å². The number of hydrogen-bond donors (Lipinski definition) is 2. The molecule has 2 aromatic carbocycles. The van der Waals surface area contributed by atoms with Crippen LogP contribution in [-0.2, 0) is 21.4 Å². The highest BCUT2D eigenvalue weighted by atomic mass is 16.5. The third kappa shape index (κ3) is 4.65. The molecule has 1 unspecified atom stereocenters. The predicted octanol–water partition coefficient (Wildman–Crippen LogP) is 2.93. The summed E-state index contributed by atoms with van der Waals surface area (Å²) in [6, 6.07) is 15.6. The fraction of sp³-hybridized carbons (Fsp3) is 0.440. The Balaban J connectivity index is 1.32. The van der Waals surface area contributed by atoms with Crippen molar-refractivity contribution >= 4 is 17.4 Å². The van der Waals surface area contributed by atoms with E-state index >= 15 is 0 Å². The second-order valence-corrected chi connectivity index (χ2v) is 8.60. The predicted molar refractivity (Wildman–Crippen MR) is 119 cm³/mol. The zero-order valence-corrected chi connectivity index (χ0v) is 18.0. The first-order valence-electron chi connectivity index (χ1n) is 11.0. The van der Waals surface area contributed by atoms with Crippen LogP contribution in [0, 0.1) is 0 Å². The Kier molecular flexibility index (Phi) is 6.39. The van der Waals surface area contributed by atoms with Gasteiger partial charge in [0, 0.05) is 24.2 Å². The molecule has 1 saturated heterocycles. The monoisotopic (exact) mass is 422 g/mol. The zero-order chi connectivity index (χ0) is 21.8. The van der Waals surface area contributed by atoms with Crippen LogP contribution in [0.4, 0.5) is 5.69 Å². The highest BCUT2D eigenvalue weighted by Crippen LogP contribution is 2.36. The normalized spacial score (nSPS) is 19.2. The third-order valence-electron chi connectivity index (χ3n) is 6.62. The minimum absolute atomic E-state index is 0.0203. The van der Waals surface area contributed by atoms with Crippen molar-refractivity contribution < 1.29 is 19.4 Å². The van der Waals surface area contributed by atoms with Gasteiger partial charge in [-0.2, -0.15) is 0 Å². The summed E-state index contributed by atoms with van der Waals surface area (Å²) in [5.41, 5.74) is 2.45. The Morgan fingerprint density at radius 1 is 1.13 bits per heavy atom. The fourth-order valence-electron chi connectivity index (χ4n) is 4.78. The van der Waals surface area contributed by atoms with Gasteiger partial charge in [-0.15, -0.1) is 0 Å². The van der Waals surface area contributed by atoms with Crippen molar-refractivity contribution in [3.05, 3.63) is 59.7 Å². The maximum atomic E-state index is 12.5. The van der Waals surface area contributed by atoms with Crippen molar-refractivity contribution in [2.75, 3.05) is 31.6 Å². The number of anilines is 1. The SMILES string of the molecule is CC(=O)C1(c2ccccc2)CCN(CC(O)COc2cccc3c2CCC(=O)N3)CC1. The number of ether oxygens (including phenoxy) is 1. The molecule has 0 saturated carbocycles. The van der Waals surface area contributed by atoms with E-state index in [1.54, 1.807) is 6.92 Å². The first-order valence-corrected chi connectivity index (χ1v) is 11.0. The molecule has 6 heteroatoms. The number of aliphatic hydroxyl groups is 1. The van der Waals surface area contributed by atoms with Crippen molar-refractivity contribution in [2.45, 2.75) is 44.1 Å². The summed E-state index contributed by atoms with van der Waals surface area (Å²) in [4.78, 5) is 26.3. The van der Waals surface area contributed by atoms with Crippen molar-refractivity contribution in [1.29, 1.82) is 0 Å². The van der Waals surface area contributed by atoms with Crippen LogP contribution >= 0.6 is 0 Å². The van der Waals surface area contributed by atoms with Gasteiger partial charge in [-0.1, -0.05) is 36.4 Å². The van der Waals surface area contributed by atoms with E-state index in [9.17, 15) is 14.7 Å². The lowest BCUT2D eigenvalue weighted by molar-refractivity contribution is -0.124. The Labute approximate surface area is 183 Å². The van der Waals surface area contributed by atoms with Crippen molar-refractivity contribution in [2.24, 2.45) is 0 Å². The molecule has 2 aliphatic rings. The van der Waals surface area contributed by atoms with Gasteiger partial charge < -0.3 is 20.1 Å². The van der Waals surface area contributed by atoms with E-state index in [0.717, 1.165) is 48.5 Å². The van der Waals surface area contributed by atoms with Gasteiger partial charge in [0.25, 0.3) is 0 Å². The largest absolute Gasteiger partial charge is 0.490 e. The number of Topliss-reactive ketones (excluding diaryl/α,β-unsaturated/α-hetero) is 1. The summed E-state index contributed by atoms with van der Waals surface area (Å²) < 4.78 is 5.91. The van der Waals surface area contributed by atoms with Crippen LogP contribution in [0.5, 0.6) is 5.75 Å². The number of amides is 1. The first-order chi connectivity index (χ1) is 15.0. The van der Waals surface area contributed by atoms with Gasteiger partial charge in [0.1, 0.15) is 24.2 Å². The summed E-state index contributed by atoms with van der Waals surface area (Å²) in [6.07, 6.45) is 1.97. The number of fused-ring (bicyclic) bond motifs is 1. The maximum Gasteiger partial charge on any atom is 0.224 e. The number of benzene rings is 2. The van der Waals surface area contributed by atoms with E-state index in [0.29, 0.717) is 19.4 Å². The van der Waals surface area contributed by atoms with Gasteiger partial charge in [-0.05, 0) is 57.0 Å². The number of rotatable bonds is 7. The number of nitrogens with zero attached hydrogens (tertiary/aromatic N) is 1. The minimum atomic E-state index is -0.629. The lowest BCUT2D eigenvalue weighted by Gasteiger charge is -2.41. The molecule has 1 atom stereocenters. The van der Waals surface area contributed by atoms with Gasteiger partial charge in [-0.25, -0.2) is 0 Å². The molecule has 31 heavy (non-hydrogen) atoms. The van der Waals surface area contributed by atoms with Gasteiger partial charge in [-0.3, -0.25) is 9.59 Å². The number of hydrogen-bond acceptors (Lipinski definition) is 5. The number of aliphatic hydroxyl groups excluding tert-OH is 1. The summed E-state index contributed by atoms with van der Waals surface area (Å²) in [5, 5.41) is 13.4. The van der Waals surface area contributed by atoms with Crippen LogP contribution in [0.2, 0.25) is 0 Å². The molecule has 2 heterocycles. The Morgan fingerprint density at radius 2 is 1.87 bits per heavy atom. The van der Waals surface area contributed by atoms with Gasteiger partial charge in [0.15, 0.2) is 0 Å². The lowest BCUT2D eigenvalue weighted by atomic mass is 9.70. The van der Waals surface area contributed by atoms with Crippen molar-refractivity contribution in [1.82, 2.24) is 4.90 Å². The first kappa shape index (κ1) is 21.5. The van der Waals surface area contributed by atoms with E-state index in [4.69, 9.17) is 4.74 Å². The molecule has 0 aliphatic carbocycles. The van der Waals surface area contributed by atoms with Crippen LogP contribution in [0.1, 0.15) is 37.3 Å². The molecule has 1 fully saturated rings. The molecule has 0 bridgehead atoms. The number of likely N-dealkylation sites (tertiary alicyclic amines) is 1. The minimum Gasteiger partial charge on any atom is -0.490 e. The van der Waals surface area contributed by atoms with Gasteiger partial charge >= 0.3 is 0 Å².